The molecule has 1 unspecified atom stereocenters. The molecule has 0 saturated heterocycles. The number of aryl methyl sites for hydroxylation is 1. The number of para-hydroxylation sites is 2. The lowest BCUT2D eigenvalue weighted by molar-refractivity contribution is -0.00350. The van der Waals surface area contributed by atoms with E-state index in [-0.39, 0.29) is 6.54 Å². The number of fused-ring (bicyclic) bond motifs is 1. The Hall–Kier alpha value is -1.53. The molecule has 2 N–H and O–H groups in total. The third-order valence-electron chi connectivity index (χ3n) is 2.98. The summed E-state index contributed by atoms with van der Waals surface area (Å²) in [5.74, 6) is 0.783. The molecule has 6 heteroatoms. The molecule has 1 heterocycles. The summed E-state index contributed by atoms with van der Waals surface area (Å²) in [6, 6.07) is 7.74. The fourth-order valence-corrected chi connectivity index (χ4v) is 2.03. The van der Waals surface area contributed by atoms with Crippen LogP contribution in [0.2, 0.25) is 0 Å². The van der Waals surface area contributed by atoms with E-state index in [0.29, 0.717) is 6.54 Å². The summed E-state index contributed by atoms with van der Waals surface area (Å²) in [6.07, 6.45) is -4.36. The van der Waals surface area contributed by atoms with Crippen molar-refractivity contribution in [3.63, 3.8) is 0 Å². The van der Waals surface area contributed by atoms with Crippen molar-refractivity contribution in [2.75, 3.05) is 6.54 Å². The number of aromatic nitrogens is 2. The molecule has 1 atom stereocenters. The van der Waals surface area contributed by atoms with E-state index in [1.807, 2.05) is 35.8 Å². The molecule has 0 radical (unpaired) electrons. The molecule has 1 aromatic carbocycles. The van der Waals surface area contributed by atoms with Gasteiger partial charge in [0, 0.05) is 13.1 Å². The summed E-state index contributed by atoms with van der Waals surface area (Å²) in [5.41, 5.74) is 1.91. The monoisotopic (exact) mass is 269 g/mol. The number of aliphatic hydroxyl groups excluding tert-OH is 1. The highest BCUT2D eigenvalue weighted by atomic mass is 19.3. The first kappa shape index (κ1) is 13.9. The van der Waals surface area contributed by atoms with Crippen molar-refractivity contribution in [1.82, 2.24) is 14.9 Å². The number of hydrogen-bond donors (Lipinski definition) is 2. The quantitative estimate of drug-likeness (QED) is 0.840. The number of aliphatic hydroxyl groups is 1. The smallest absolute Gasteiger partial charge is 0.265 e. The fraction of sp³-hybridized carbons (Fsp3) is 0.462. The van der Waals surface area contributed by atoms with Gasteiger partial charge in [0.1, 0.15) is 11.9 Å². The Kier molecular flexibility index (Phi) is 4.44. The lowest BCUT2D eigenvalue weighted by Crippen LogP contribution is -2.32. The van der Waals surface area contributed by atoms with Gasteiger partial charge in [0.15, 0.2) is 0 Å². The van der Waals surface area contributed by atoms with Crippen LogP contribution in [0.4, 0.5) is 8.78 Å². The minimum atomic E-state index is -2.72. The SMILES string of the molecule is CCn1c(CNCC(O)C(F)F)nc2ccccc21. The average molecular weight is 269 g/mol. The van der Waals surface area contributed by atoms with Gasteiger partial charge in [-0.3, -0.25) is 0 Å². The van der Waals surface area contributed by atoms with E-state index < -0.39 is 12.5 Å². The Morgan fingerprint density at radius 1 is 1.37 bits per heavy atom. The summed E-state index contributed by atoms with van der Waals surface area (Å²) in [4.78, 5) is 4.46. The molecular formula is C13H17F2N3O. The molecule has 0 saturated carbocycles. The number of halogens is 2. The Morgan fingerprint density at radius 3 is 2.79 bits per heavy atom. The summed E-state index contributed by atoms with van der Waals surface area (Å²) in [5, 5.41) is 11.8. The molecule has 19 heavy (non-hydrogen) atoms. The second kappa shape index (κ2) is 6.08. The summed E-state index contributed by atoms with van der Waals surface area (Å²) < 4.78 is 26.3. The lowest BCUT2D eigenvalue weighted by Gasteiger charge is -2.11. The predicted molar refractivity (Wildman–Crippen MR) is 69.1 cm³/mol. The van der Waals surface area contributed by atoms with Crippen molar-refractivity contribution in [1.29, 1.82) is 0 Å². The first-order valence-electron chi connectivity index (χ1n) is 6.24. The van der Waals surface area contributed by atoms with E-state index in [2.05, 4.69) is 10.3 Å². The first-order valence-corrected chi connectivity index (χ1v) is 6.24. The van der Waals surface area contributed by atoms with Gasteiger partial charge < -0.3 is 15.0 Å². The molecule has 0 aliphatic heterocycles. The van der Waals surface area contributed by atoms with Gasteiger partial charge in [-0.05, 0) is 19.1 Å². The highest BCUT2D eigenvalue weighted by molar-refractivity contribution is 5.75. The third kappa shape index (κ3) is 3.08. The van der Waals surface area contributed by atoms with Gasteiger partial charge in [-0.25, -0.2) is 13.8 Å². The number of alkyl halides is 2. The normalized spacial score (nSPS) is 13.3. The van der Waals surface area contributed by atoms with E-state index in [1.54, 1.807) is 0 Å². The van der Waals surface area contributed by atoms with Crippen LogP contribution in [0.1, 0.15) is 12.7 Å². The highest BCUT2D eigenvalue weighted by Crippen LogP contribution is 2.15. The minimum Gasteiger partial charge on any atom is -0.386 e. The number of benzene rings is 1. The van der Waals surface area contributed by atoms with Gasteiger partial charge >= 0.3 is 0 Å². The molecule has 0 aliphatic rings. The zero-order valence-corrected chi connectivity index (χ0v) is 10.7. The highest BCUT2D eigenvalue weighted by Gasteiger charge is 2.16. The van der Waals surface area contributed by atoms with E-state index in [1.165, 1.54) is 0 Å². The van der Waals surface area contributed by atoms with E-state index in [4.69, 9.17) is 5.11 Å². The second-order valence-electron chi connectivity index (χ2n) is 4.29. The van der Waals surface area contributed by atoms with Crippen LogP contribution in [0.5, 0.6) is 0 Å². The van der Waals surface area contributed by atoms with Crippen LogP contribution < -0.4 is 5.32 Å². The molecule has 0 spiro atoms. The van der Waals surface area contributed by atoms with Crippen LogP contribution in [-0.2, 0) is 13.1 Å². The van der Waals surface area contributed by atoms with Crippen LogP contribution in [-0.4, -0.2) is 33.7 Å². The third-order valence-corrected chi connectivity index (χ3v) is 2.98. The molecule has 4 nitrogen and oxygen atoms in total. The molecule has 2 rings (SSSR count). The fourth-order valence-electron chi connectivity index (χ4n) is 2.03. The summed E-state index contributed by atoms with van der Waals surface area (Å²) in [7, 11) is 0. The largest absolute Gasteiger partial charge is 0.386 e. The Morgan fingerprint density at radius 2 is 2.11 bits per heavy atom. The van der Waals surface area contributed by atoms with Crippen molar-refractivity contribution >= 4 is 11.0 Å². The van der Waals surface area contributed by atoms with Crippen molar-refractivity contribution in [3.05, 3.63) is 30.1 Å². The van der Waals surface area contributed by atoms with Crippen molar-refractivity contribution in [2.24, 2.45) is 0 Å². The average Bonchev–Trinajstić information content (AvgIpc) is 2.75. The zero-order valence-electron chi connectivity index (χ0n) is 10.7. The number of nitrogens with zero attached hydrogens (tertiary/aromatic N) is 2. The van der Waals surface area contributed by atoms with Crippen LogP contribution >= 0.6 is 0 Å². The molecular weight excluding hydrogens is 252 g/mol. The number of hydrogen-bond acceptors (Lipinski definition) is 3. The van der Waals surface area contributed by atoms with Gasteiger partial charge in [-0.2, -0.15) is 0 Å². The first-order chi connectivity index (χ1) is 9.13. The van der Waals surface area contributed by atoms with Crippen LogP contribution in [0, 0.1) is 0 Å². The zero-order chi connectivity index (χ0) is 13.8. The predicted octanol–water partition coefficient (Wildman–Crippen LogP) is 1.77. The summed E-state index contributed by atoms with van der Waals surface area (Å²) in [6.45, 7) is 2.97. The van der Waals surface area contributed by atoms with Gasteiger partial charge in [-0.1, -0.05) is 12.1 Å². The van der Waals surface area contributed by atoms with Crippen LogP contribution in [0.15, 0.2) is 24.3 Å². The maximum atomic E-state index is 12.2. The molecule has 104 valence electrons. The van der Waals surface area contributed by atoms with E-state index in [0.717, 1.165) is 23.4 Å². The lowest BCUT2D eigenvalue weighted by atomic mass is 10.3. The van der Waals surface area contributed by atoms with Crippen molar-refractivity contribution < 1.29 is 13.9 Å². The molecule has 0 amide bonds. The van der Waals surface area contributed by atoms with Gasteiger partial charge in [-0.15, -0.1) is 0 Å². The molecule has 1 aromatic heterocycles. The Labute approximate surface area is 110 Å². The molecule has 0 bridgehead atoms. The number of imidazole rings is 1. The number of nitrogens with one attached hydrogen (secondary N) is 1. The van der Waals surface area contributed by atoms with Crippen molar-refractivity contribution in [2.45, 2.75) is 32.5 Å². The second-order valence-corrected chi connectivity index (χ2v) is 4.29. The van der Waals surface area contributed by atoms with Crippen molar-refractivity contribution in [3.8, 4) is 0 Å². The van der Waals surface area contributed by atoms with Gasteiger partial charge in [0.2, 0.25) is 0 Å². The van der Waals surface area contributed by atoms with Gasteiger partial charge in [0.05, 0.1) is 17.6 Å². The Bertz CT molecular complexity index is 542. The van der Waals surface area contributed by atoms with E-state index in [9.17, 15) is 8.78 Å². The topological polar surface area (TPSA) is 50.1 Å². The van der Waals surface area contributed by atoms with E-state index >= 15 is 0 Å². The molecule has 0 aliphatic carbocycles. The molecule has 2 aromatic rings. The van der Waals surface area contributed by atoms with Gasteiger partial charge in [0.25, 0.3) is 6.43 Å². The maximum absolute atomic E-state index is 12.2. The standard InChI is InChI=1S/C13H17F2N3O/c1-2-18-10-6-4-3-5-9(10)17-12(18)8-16-7-11(19)13(14)15/h3-6,11,13,16,19H,2,7-8H2,1H3. The number of rotatable bonds is 6. The Balaban J connectivity index is 2.08. The summed E-state index contributed by atoms with van der Waals surface area (Å²) >= 11 is 0. The minimum absolute atomic E-state index is 0.148. The van der Waals surface area contributed by atoms with Crippen LogP contribution in [0.3, 0.4) is 0 Å². The maximum Gasteiger partial charge on any atom is 0.265 e. The van der Waals surface area contributed by atoms with Crippen LogP contribution in [0.25, 0.3) is 11.0 Å². The molecule has 0 fully saturated rings.